The largest absolute Gasteiger partial charge is 0.322 e. The Morgan fingerprint density at radius 1 is 1.28 bits per heavy atom. The topological polar surface area (TPSA) is 32.3 Å². The van der Waals surface area contributed by atoms with Crippen LogP contribution in [-0.4, -0.2) is 28.6 Å². The molecular weight excluding hydrogens is 224 g/mol. The molecule has 0 radical (unpaired) electrons. The third kappa shape index (κ3) is 1.63. The lowest BCUT2D eigenvalue weighted by Crippen LogP contribution is -2.51. The molecule has 3 fully saturated rings. The molecule has 0 aromatic heterocycles. The summed E-state index contributed by atoms with van der Waals surface area (Å²) in [5.41, 5.74) is 0.124. The zero-order chi connectivity index (χ0) is 13.1. The highest BCUT2D eigenvalue weighted by Gasteiger charge is 2.62. The molecule has 1 N–H and O–H groups in total. The predicted molar refractivity (Wildman–Crippen MR) is 72.0 cm³/mol. The van der Waals surface area contributed by atoms with Gasteiger partial charge in [-0.3, -0.25) is 10.1 Å². The Morgan fingerprint density at radius 3 is 2.39 bits per heavy atom. The van der Waals surface area contributed by atoms with Gasteiger partial charge in [0.2, 0.25) is 5.91 Å². The summed E-state index contributed by atoms with van der Waals surface area (Å²) in [6.07, 6.45) is 6.03. The van der Waals surface area contributed by atoms with Crippen LogP contribution in [-0.2, 0) is 4.79 Å². The molecule has 1 saturated heterocycles. The second kappa shape index (κ2) is 3.72. The quantitative estimate of drug-likeness (QED) is 0.816. The van der Waals surface area contributed by atoms with Crippen molar-refractivity contribution in [1.29, 1.82) is 0 Å². The molecule has 2 saturated carbocycles. The molecule has 18 heavy (non-hydrogen) atoms. The molecular formula is C15H26N2O. The van der Waals surface area contributed by atoms with E-state index in [4.69, 9.17) is 0 Å². The number of carbonyl (C=O) groups is 1. The average molecular weight is 250 g/mol. The highest BCUT2D eigenvalue weighted by molar-refractivity contribution is 5.92. The van der Waals surface area contributed by atoms with Gasteiger partial charge in [-0.1, -0.05) is 34.1 Å². The van der Waals surface area contributed by atoms with Crippen LogP contribution in [0.15, 0.2) is 0 Å². The molecule has 3 nitrogen and oxygen atoms in total. The maximum absolute atomic E-state index is 12.7. The van der Waals surface area contributed by atoms with Crippen LogP contribution >= 0.6 is 0 Å². The normalized spacial score (nSPS) is 36.9. The third-order valence-electron chi connectivity index (χ3n) is 5.29. The summed E-state index contributed by atoms with van der Waals surface area (Å²) in [7, 11) is 0. The van der Waals surface area contributed by atoms with Crippen molar-refractivity contribution in [2.75, 3.05) is 0 Å². The van der Waals surface area contributed by atoms with Crippen molar-refractivity contribution in [2.24, 2.45) is 11.3 Å². The van der Waals surface area contributed by atoms with E-state index >= 15 is 0 Å². The van der Waals surface area contributed by atoms with Gasteiger partial charge in [-0.25, -0.2) is 0 Å². The fraction of sp³-hybridized carbons (Fsp3) is 0.933. The van der Waals surface area contributed by atoms with Crippen LogP contribution in [0.3, 0.4) is 0 Å². The Balaban J connectivity index is 1.90. The Hall–Kier alpha value is -0.570. The number of hydrogen-bond acceptors (Lipinski definition) is 2. The van der Waals surface area contributed by atoms with Gasteiger partial charge >= 0.3 is 0 Å². The maximum Gasteiger partial charge on any atom is 0.244 e. The van der Waals surface area contributed by atoms with Crippen LogP contribution in [0.2, 0.25) is 0 Å². The van der Waals surface area contributed by atoms with Gasteiger partial charge in [0.15, 0.2) is 0 Å². The summed E-state index contributed by atoms with van der Waals surface area (Å²) in [5, 5.41) is 3.63. The van der Waals surface area contributed by atoms with E-state index < -0.39 is 0 Å². The molecule has 2 unspecified atom stereocenters. The van der Waals surface area contributed by atoms with Crippen LogP contribution in [0.5, 0.6) is 0 Å². The van der Waals surface area contributed by atoms with E-state index in [0.717, 1.165) is 12.8 Å². The zero-order valence-electron chi connectivity index (χ0n) is 12.1. The first kappa shape index (κ1) is 12.5. The molecule has 1 amide bonds. The lowest BCUT2D eigenvalue weighted by Gasteiger charge is -2.39. The first-order valence-corrected chi connectivity index (χ1v) is 7.48. The molecule has 3 aliphatic rings. The number of hydrogen-bond donors (Lipinski definition) is 1. The van der Waals surface area contributed by atoms with Gasteiger partial charge in [0.25, 0.3) is 0 Å². The fourth-order valence-electron chi connectivity index (χ4n) is 3.92. The molecule has 1 spiro atoms. The zero-order valence-corrected chi connectivity index (χ0v) is 12.1. The predicted octanol–water partition coefficient (Wildman–Crippen LogP) is 2.51. The van der Waals surface area contributed by atoms with E-state index in [2.05, 4.69) is 37.9 Å². The number of amides is 1. The van der Waals surface area contributed by atoms with Crippen molar-refractivity contribution < 1.29 is 4.79 Å². The molecule has 3 rings (SSSR count). The van der Waals surface area contributed by atoms with Crippen molar-refractivity contribution >= 4 is 5.91 Å². The van der Waals surface area contributed by atoms with Crippen molar-refractivity contribution in [3.63, 3.8) is 0 Å². The van der Waals surface area contributed by atoms with E-state index in [-0.39, 0.29) is 17.1 Å². The average Bonchev–Trinajstić information content (AvgIpc) is 2.90. The molecule has 0 aromatic rings. The van der Waals surface area contributed by atoms with Crippen LogP contribution in [0.1, 0.15) is 59.8 Å². The number of nitrogens with one attached hydrogen (secondary N) is 1. The van der Waals surface area contributed by atoms with Crippen LogP contribution in [0, 0.1) is 11.3 Å². The Labute approximate surface area is 110 Å². The molecule has 1 heterocycles. The second-order valence-electron chi connectivity index (χ2n) is 7.52. The summed E-state index contributed by atoms with van der Waals surface area (Å²) in [4.78, 5) is 15.0. The SMILES string of the molecule is CC(C)C1NC2(CC2)C(=O)N1C1CCCC1(C)C. The Morgan fingerprint density at radius 2 is 1.94 bits per heavy atom. The van der Waals surface area contributed by atoms with Crippen LogP contribution in [0.25, 0.3) is 0 Å². The van der Waals surface area contributed by atoms with Crippen LogP contribution < -0.4 is 5.32 Å². The first-order valence-electron chi connectivity index (χ1n) is 7.48. The van der Waals surface area contributed by atoms with Gasteiger partial charge in [-0.15, -0.1) is 0 Å². The lowest BCUT2D eigenvalue weighted by molar-refractivity contribution is -0.135. The van der Waals surface area contributed by atoms with E-state index in [1.165, 1.54) is 19.3 Å². The van der Waals surface area contributed by atoms with Crippen molar-refractivity contribution in [3.8, 4) is 0 Å². The number of nitrogens with zero attached hydrogens (tertiary/aromatic N) is 1. The summed E-state index contributed by atoms with van der Waals surface area (Å²) in [6, 6.07) is 0.435. The minimum absolute atomic E-state index is 0.159. The minimum atomic E-state index is -0.159. The van der Waals surface area contributed by atoms with Gasteiger partial charge in [-0.05, 0) is 37.0 Å². The summed E-state index contributed by atoms with van der Waals surface area (Å²) < 4.78 is 0. The second-order valence-corrected chi connectivity index (χ2v) is 7.52. The fourth-order valence-corrected chi connectivity index (χ4v) is 3.92. The lowest BCUT2D eigenvalue weighted by atomic mass is 9.85. The molecule has 102 valence electrons. The molecule has 0 aromatic carbocycles. The third-order valence-corrected chi connectivity index (χ3v) is 5.29. The van der Waals surface area contributed by atoms with Gasteiger partial charge < -0.3 is 4.90 Å². The highest BCUT2D eigenvalue weighted by Crippen LogP contribution is 2.49. The van der Waals surface area contributed by atoms with E-state index in [0.29, 0.717) is 17.9 Å². The van der Waals surface area contributed by atoms with Gasteiger partial charge in [0.1, 0.15) is 0 Å². The smallest absolute Gasteiger partial charge is 0.244 e. The molecule has 2 atom stereocenters. The monoisotopic (exact) mass is 250 g/mol. The van der Waals surface area contributed by atoms with E-state index in [9.17, 15) is 4.79 Å². The summed E-state index contributed by atoms with van der Waals surface area (Å²) >= 11 is 0. The number of rotatable bonds is 2. The molecule has 1 aliphatic heterocycles. The van der Waals surface area contributed by atoms with E-state index in [1.807, 2.05) is 0 Å². The maximum atomic E-state index is 12.7. The van der Waals surface area contributed by atoms with Crippen molar-refractivity contribution in [3.05, 3.63) is 0 Å². The van der Waals surface area contributed by atoms with Gasteiger partial charge in [0.05, 0.1) is 11.7 Å². The van der Waals surface area contributed by atoms with Crippen LogP contribution in [0.4, 0.5) is 0 Å². The standard InChI is InChI=1S/C15H26N2O/c1-10(2)12-16-15(8-9-15)13(18)17(12)11-6-5-7-14(11,3)4/h10-12,16H,5-9H2,1-4H3. The van der Waals surface area contributed by atoms with Gasteiger partial charge in [0, 0.05) is 6.04 Å². The first-order chi connectivity index (χ1) is 8.37. The highest BCUT2D eigenvalue weighted by atomic mass is 16.2. The van der Waals surface area contributed by atoms with Gasteiger partial charge in [-0.2, -0.15) is 0 Å². The summed E-state index contributed by atoms with van der Waals surface area (Å²) in [6.45, 7) is 9.10. The Bertz CT molecular complexity index is 371. The number of carbonyl (C=O) groups excluding carboxylic acids is 1. The summed E-state index contributed by atoms with van der Waals surface area (Å²) in [5.74, 6) is 0.881. The van der Waals surface area contributed by atoms with Crippen molar-refractivity contribution in [1.82, 2.24) is 10.2 Å². The molecule has 3 heteroatoms. The molecule has 0 bridgehead atoms. The minimum Gasteiger partial charge on any atom is -0.322 e. The van der Waals surface area contributed by atoms with Crippen molar-refractivity contribution in [2.45, 2.75) is 77.5 Å². The Kier molecular flexibility index (Phi) is 2.58. The molecule has 2 aliphatic carbocycles. The van der Waals surface area contributed by atoms with E-state index in [1.54, 1.807) is 0 Å².